The zero-order valence-corrected chi connectivity index (χ0v) is 11.2. The van der Waals surface area contributed by atoms with Gasteiger partial charge < -0.3 is 14.6 Å². The monoisotopic (exact) mass is 258 g/mol. The molecule has 1 rings (SSSR count). The lowest BCUT2D eigenvalue weighted by Gasteiger charge is -2.07. The standard InChI is InChI=1S/C12H18O4S/c1-8(2)16-5-4-15-7-10-6-11(12(13)14)17-9(10)3/h6,8H,4-5,7H2,1-3H3,(H,13,14). The Hall–Kier alpha value is -0.910. The summed E-state index contributed by atoms with van der Waals surface area (Å²) in [6.07, 6.45) is 0.208. The Morgan fingerprint density at radius 2 is 2.18 bits per heavy atom. The maximum atomic E-state index is 10.8. The first kappa shape index (κ1) is 14.2. The van der Waals surface area contributed by atoms with E-state index >= 15 is 0 Å². The number of ether oxygens (including phenoxy) is 2. The predicted molar refractivity (Wildman–Crippen MR) is 66.8 cm³/mol. The Morgan fingerprint density at radius 3 is 2.71 bits per heavy atom. The fourth-order valence-corrected chi connectivity index (χ4v) is 2.16. The van der Waals surface area contributed by atoms with Gasteiger partial charge in [0.1, 0.15) is 4.88 Å². The lowest BCUT2D eigenvalue weighted by Crippen LogP contribution is -2.09. The van der Waals surface area contributed by atoms with E-state index in [4.69, 9.17) is 14.6 Å². The van der Waals surface area contributed by atoms with E-state index in [1.807, 2.05) is 20.8 Å². The molecule has 0 aromatic carbocycles. The van der Waals surface area contributed by atoms with E-state index in [1.54, 1.807) is 6.07 Å². The summed E-state index contributed by atoms with van der Waals surface area (Å²) in [5, 5.41) is 8.84. The summed E-state index contributed by atoms with van der Waals surface area (Å²) < 4.78 is 10.8. The van der Waals surface area contributed by atoms with Crippen LogP contribution >= 0.6 is 11.3 Å². The van der Waals surface area contributed by atoms with Crippen LogP contribution < -0.4 is 0 Å². The van der Waals surface area contributed by atoms with Crippen molar-refractivity contribution in [1.82, 2.24) is 0 Å². The first-order chi connectivity index (χ1) is 8.00. The van der Waals surface area contributed by atoms with E-state index < -0.39 is 5.97 Å². The molecule has 0 unspecified atom stereocenters. The van der Waals surface area contributed by atoms with Crippen LogP contribution in [0.15, 0.2) is 6.07 Å². The van der Waals surface area contributed by atoms with E-state index in [1.165, 1.54) is 11.3 Å². The van der Waals surface area contributed by atoms with Crippen LogP contribution in [-0.4, -0.2) is 30.4 Å². The summed E-state index contributed by atoms with van der Waals surface area (Å²) in [5.74, 6) is -0.882. The normalized spacial score (nSPS) is 11.1. The van der Waals surface area contributed by atoms with Crippen molar-refractivity contribution >= 4 is 17.3 Å². The molecule has 1 aromatic rings. The van der Waals surface area contributed by atoms with Crippen LogP contribution in [0.5, 0.6) is 0 Å². The third-order valence-electron chi connectivity index (χ3n) is 2.17. The van der Waals surface area contributed by atoms with E-state index in [-0.39, 0.29) is 6.10 Å². The van der Waals surface area contributed by atoms with Crippen LogP contribution in [0.25, 0.3) is 0 Å². The molecule has 1 aromatic heterocycles. The first-order valence-corrected chi connectivity index (χ1v) is 6.34. The zero-order valence-electron chi connectivity index (χ0n) is 10.4. The third-order valence-corrected chi connectivity index (χ3v) is 3.25. The fraction of sp³-hybridized carbons (Fsp3) is 0.583. The molecule has 4 nitrogen and oxygen atoms in total. The molecule has 0 radical (unpaired) electrons. The minimum atomic E-state index is -0.882. The van der Waals surface area contributed by atoms with E-state index in [0.717, 1.165) is 10.4 Å². The van der Waals surface area contributed by atoms with Crippen molar-refractivity contribution in [3.8, 4) is 0 Å². The summed E-state index contributed by atoms with van der Waals surface area (Å²) in [7, 11) is 0. The van der Waals surface area contributed by atoms with Gasteiger partial charge in [0.05, 0.1) is 25.9 Å². The smallest absolute Gasteiger partial charge is 0.345 e. The number of carboxylic acid groups (broad SMARTS) is 1. The van der Waals surface area contributed by atoms with Crippen LogP contribution in [0.1, 0.15) is 34.0 Å². The van der Waals surface area contributed by atoms with Gasteiger partial charge in [0.15, 0.2) is 0 Å². The number of aryl methyl sites for hydroxylation is 1. The minimum Gasteiger partial charge on any atom is -0.477 e. The Labute approximate surface area is 105 Å². The molecule has 0 aliphatic carbocycles. The summed E-state index contributed by atoms with van der Waals surface area (Å²) >= 11 is 1.28. The van der Waals surface area contributed by atoms with Gasteiger partial charge in [-0.05, 0) is 32.4 Å². The van der Waals surface area contributed by atoms with Gasteiger partial charge >= 0.3 is 5.97 Å². The highest BCUT2D eigenvalue weighted by Crippen LogP contribution is 2.22. The number of thiophene rings is 1. The molecular formula is C12H18O4S. The second kappa shape index (κ2) is 6.74. The predicted octanol–water partition coefficient (Wildman–Crippen LogP) is 2.70. The number of rotatable bonds is 7. The van der Waals surface area contributed by atoms with Crippen LogP contribution in [0.2, 0.25) is 0 Å². The molecule has 1 N–H and O–H groups in total. The van der Waals surface area contributed by atoms with Crippen molar-refractivity contribution in [2.24, 2.45) is 0 Å². The molecule has 0 atom stereocenters. The minimum absolute atomic E-state index is 0.208. The van der Waals surface area contributed by atoms with E-state index in [2.05, 4.69) is 0 Å². The molecule has 1 heterocycles. The Kier molecular flexibility index (Phi) is 5.61. The molecule has 5 heteroatoms. The van der Waals surface area contributed by atoms with Crippen molar-refractivity contribution in [3.05, 3.63) is 21.4 Å². The van der Waals surface area contributed by atoms with Crippen molar-refractivity contribution in [2.75, 3.05) is 13.2 Å². The lowest BCUT2D eigenvalue weighted by atomic mass is 10.2. The van der Waals surface area contributed by atoms with Gasteiger partial charge in [-0.3, -0.25) is 0 Å². The average molecular weight is 258 g/mol. The molecule has 0 spiro atoms. The molecule has 0 amide bonds. The lowest BCUT2D eigenvalue weighted by molar-refractivity contribution is 0.0142. The SMILES string of the molecule is Cc1sc(C(=O)O)cc1COCCOC(C)C. The van der Waals surface area contributed by atoms with Gasteiger partial charge in [-0.2, -0.15) is 0 Å². The molecule has 17 heavy (non-hydrogen) atoms. The maximum absolute atomic E-state index is 10.8. The fourth-order valence-electron chi connectivity index (χ4n) is 1.29. The summed E-state index contributed by atoms with van der Waals surface area (Å²) in [6, 6.07) is 1.67. The van der Waals surface area contributed by atoms with Crippen molar-refractivity contribution in [1.29, 1.82) is 0 Å². The number of carboxylic acids is 1. The Balaban J connectivity index is 2.34. The van der Waals surface area contributed by atoms with Crippen molar-refractivity contribution in [3.63, 3.8) is 0 Å². The van der Waals surface area contributed by atoms with Gasteiger partial charge in [-0.25, -0.2) is 4.79 Å². The number of aromatic carboxylic acids is 1. The first-order valence-electron chi connectivity index (χ1n) is 5.52. The highest BCUT2D eigenvalue weighted by atomic mass is 32.1. The molecule has 0 aliphatic heterocycles. The summed E-state index contributed by atoms with van der Waals surface area (Å²) in [5.41, 5.74) is 0.942. The highest BCUT2D eigenvalue weighted by Gasteiger charge is 2.10. The summed E-state index contributed by atoms with van der Waals surface area (Å²) in [4.78, 5) is 12.1. The van der Waals surface area contributed by atoms with Gasteiger partial charge in [0.25, 0.3) is 0 Å². The molecule has 0 saturated carbocycles. The molecule has 0 saturated heterocycles. The molecule has 0 aliphatic rings. The molecule has 0 bridgehead atoms. The largest absolute Gasteiger partial charge is 0.477 e. The zero-order chi connectivity index (χ0) is 12.8. The number of hydrogen-bond acceptors (Lipinski definition) is 4. The number of carbonyl (C=O) groups is 1. The van der Waals surface area contributed by atoms with Crippen molar-refractivity contribution < 1.29 is 19.4 Å². The van der Waals surface area contributed by atoms with Crippen molar-refractivity contribution in [2.45, 2.75) is 33.5 Å². The van der Waals surface area contributed by atoms with Gasteiger partial charge in [0.2, 0.25) is 0 Å². The van der Waals surface area contributed by atoms with Crippen LogP contribution in [0, 0.1) is 6.92 Å². The topological polar surface area (TPSA) is 55.8 Å². The van der Waals surface area contributed by atoms with Crippen LogP contribution in [0.3, 0.4) is 0 Å². The average Bonchev–Trinajstić information content (AvgIpc) is 2.59. The van der Waals surface area contributed by atoms with Crippen LogP contribution in [0.4, 0.5) is 0 Å². The third kappa shape index (κ3) is 4.85. The van der Waals surface area contributed by atoms with Gasteiger partial charge in [-0.15, -0.1) is 11.3 Å². The van der Waals surface area contributed by atoms with Crippen LogP contribution in [-0.2, 0) is 16.1 Å². The quantitative estimate of drug-likeness (QED) is 0.764. The summed E-state index contributed by atoms with van der Waals surface area (Å²) in [6.45, 7) is 7.38. The highest BCUT2D eigenvalue weighted by molar-refractivity contribution is 7.14. The second-order valence-electron chi connectivity index (χ2n) is 3.97. The van der Waals surface area contributed by atoms with Gasteiger partial charge in [-0.1, -0.05) is 0 Å². The molecular weight excluding hydrogens is 240 g/mol. The maximum Gasteiger partial charge on any atom is 0.345 e. The molecule has 0 fully saturated rings. The Morgan fingerprint density at radius 1 is 1.47 bits per heavy atom. The molecule has 96 valence electrons. The van der Waals surface area contributed by atoms with E-state index in [9.17, 15) is 4.79 Å². The van der Waals surface area contributed by atoms with Gasteiger partial charge in [0, 0.05) is 4.88 Å². The Bertz CT molecular complexity index is 371. The second-order valence-corrected chi connectivity index (χ2v) is 5.23. The number of hydrogen-bond donors (Lipinski definition) is 1. The van der Waals surface area contributed by atoms with E-state index in [0.29, 0.717) is 24.7 Å².